The predicted molar refractivity (Wildman–Crippen MR) is 30.7 cm³/mol. The van der Waals surface area contributed by atoms with E-state index in [0.29, 0.717) is 0 Å². The molecule has 0 aromatic heterocycles. The third-order valence-electron chi connectivity index (χ3n) is 0.659. The van der Waals surface area contributed by atoms with Crippen molar-refractivity contribution in [2.75, 3.05) is 6.61 Å². The van der Waals surface area contributed by atoms with E-state index in [1.54, 1.807) is 6.08 Å². The fraction of sp³-hybridized carbons (Fsp3) is 0.500. The van der Waals surface area contributed by atoms with Gasteiger partial charge in [0.1, 0.15) is 6.08 Å². The summed E-state index contributed by atoms with van der Waals surface area (Å²) < 4.78 is 4.99. The second-order valence-corrected chi connectivity index (χ2v) is 1.25. The Morgan fingerprint density at radius 2 is 2.43 bits per heavy atom. The van der Waals surface area contributed by atoms with Gasteiger partial charge in [-0.3, -0.25) is 4.74 Å². The Morgan fingerprint density at radius 3 is 2.57 bits per heavy atom. The minimum Gasteiger partial charge on any atom is -0.261 e. The van der Waals surface area contributed by atoms with Crippen LogP contribution in [0, 0.1) is 6.10 Å². The smallest absolute Gasteiger partial charge is 0.181 e. The number of hydrogen-bond acceptors (Lipinski definition) is 1. The molecule has 0 spiro atoms. The Labute approximate surface area is 45.0 Å². The van der Waals surface area contributed by atoms with E-state index in [1.165, 1.54) is 0 Å². The zero-order chi connectivity index (χ0) is 5.70. The van der Waals surface area contributed by atoms with Crippen LogP contribution in [0.5, 0.6) is 0 Å². The van der Waals surface area contributed by atoms with Gasteiger partial charge in [0, 0.05) is 6.58 Å². The van der Waals surface area contributed by atoms with Crippen LogP contribution in [-0.2, 0) is 4.74 Å². The molecule has 0 aromatic carbocycles. The Balaban J connectivity index is 2.98. The molecule has 0 fully saturated rings. The van der Waals surface area contributed by atoms with E-state index in [4.69, 9.17) is 4.74 Å². The van der Waals surface area contributed by atoms with Crippen LogP contribution in [0.15, 0.2) is 12.7 Å². The number of rotatable bonds is 3. The van der Waals surface area contributed by atoms with Gasteiger partial charge in [0.2, 0.25) is 0 Å². The second kappa shape index (κ2) is 3.75. The molecule has 0 amide bonds. The maximum atomic E-state index is 4.99. The van der Waals surface area contributed by atoms with Gasteiger partial charge in [-0.1, -0.05) is 0 Å². The summed E-state index contributed by atoms with van der Waals surface area (Å²) in [6.45, 7) is 8.09. The first-order valence-corrected chi connectivity index (χ1v) is 2.40. The summed E-state index contributed by atoms with van der Waals surface area (Å²) in [4.78, 5) is 0. The van der Waals surface area contributed by atoms with E-state index in [-0.39, 0.29) is 0 Å². The fourth-order valence-corrected chi connectivity index (χ4v) is 0.287. The molecule has 7 heavy (non-hydrogen) atoms. The van der Waals surface area contributed by atoms with Crippen LogP contribution in [0.2, 0.25) is 0 Å². The van der Waals surface area contributed by atoms with Gasteiger partial charge < -0.3 is 0 Å². The normalized spacial score (nSPS) is 8.29. The standard InChI is InChI=1S/C6H11O/c1-4-6(3)7-5-2/h4H,1,5H2,2-3H3/q+1. The molecule has 0 saturated carbocycles. The molecule has 1 nitrogen and oxygen atoms in total. The molecular weight excluding hydrogens is 88.1 g/mol. The molecule has 0 aliphatic heterocycles. The van der Waals surface area contributed by atoms with Crippen LogP contribution in [0.4, 0.5) is 0 Å². The van der Waals surface area contributed by atoms with Crippen molar-refractivity contribution >= 4 is 0 Å². The van der Waals surface area contributed by atoms with Crippen LogP contribution in [0.1, 0.15) is 13.8 Å². The average molecular weight is 99.2 g/mol. The second-order valence-electron chi connectivity index (χ2n) is 1.25. The van der Waals surface area contributed by atoms with Crippen molar-refractivity contribution in [1.29, 1.82) is 0 Å². The highest BCUT2D eigenvalue weighted by Gasteiger charge is 1.98. The number of ether oxygens (including phenoxy) is 1. The van der Waals surface area contributed by atoms with Crippen molar-refractivity contribution in [3.63, 3.8) is 0 Å². The van der Waals surface area contributed by atoms with Crippen LogP contribution in [0.3, 0.4) is 0 Å². The topological polar surface area (TPSA) is 9.23 Å². The van der Waals surface area contributed by atoms with Crippen LogP contribution < -0.4 is 0 Å². The first-order chi connectivity index (χ1) is 3.31. The highest BCUT2D eigenvalue weighted by atomic mass is 16.5. The molecule has 0 heterocycles. The van der Waals surface area contributed by atoms with Gasteiger partial charge in [0.15, 0.2) is 6.10 Å². The summed E-state index contributed by atoms with van der Waals surface area (Å²) in [5.41, 5.74) is 0. The molecule has 0 rings (SSSR count). The van der Waals surface area contributed by atoms with Gasteiger partial charge in [0.25, 0.3) is 0 Å². The summed E-state index contributed by atoms with van der Waals surface area (Å²) in [5.74, 6) is 0. The molecule has 0 atom stereocenters. The third-order valence-corrected chi connectivity index (χ3v) is 0.659. The minimum absolute atomic E-state index is 0.734. The van der Waals surface area contributed by atoms with Gasteiger partial charge in [-0.25, -0.2) is 0 Å². The van der Waals surface area contributed by atoms with Crippen molar-refractivity contribution in [3.8, 4) is 0 Å². The summed E-state index contributed by atoms with van der Waals surface area (Å²) in [6, 6.07) is 0. The van der Waals surface area contributed by atoms with E-state index in [2.05, 4.69) is 6.58 Å². The number of hydrogen-bond donors (Lipinski definition) is 0. The molecule has 0 bridgehead atoms. The van der Waals surface area contributed by atoms with E-state index in [9.17, 15) is 0 Å². The molecule has 0 saturated heterocycles. The molecule has 0 aliphatic carbocycles. The van der Waals surface area contributed by atoms with E-state index >= 15 is 0 Å². The lowest BCUT2D eigenvalue weighted by Gasteiger charge is -1.92. The molecule has 0 N–H and O–H groups in total. The maximum absolute atomic E-state index is 4.99. The molecule has 0 aliphatic rings. The molecule has 1 heteroatoms. The van der Waals surface area contributed by atoms with Crippen LogP contribution >= 0.6 is 0 Å². The molecule has 0 aromatic rings. The first kappa shape index (κ1) is 6.57. The molecule has 0 unspecified atom stereocenters. The zero-order valence-corrected chi connectivity index (χ0v) is 4.90. The van der Waals surface area contributed by atoms with Gasteiger partial charge in [0.05, 0.1) is 13.5 Å². The highest BCUT2D eigenvalue weighted by molar-refractivity contribution is 4.92. The predicted octanol–water partition coefficient (Wildman–Crippen LogP) is 1.76. The van der Waals surface area contributed by atoms with Crippen LogP contribution in [0.25, 0.3) is 0 Å². The van der Waals surface area contributed by atoms with Crippen molar-refractivity contribution < 1.29 is 4.74 Å². The van der Waals surface area contributed by atoms with Crippen molar-refractivity contribution in [1.82, 2.24) is 0 Å². The zero-order valence-electron chi connectivity index (χ0n) is 4.90. The summed E-state index contributed by atoms with van der Waals surface area (Å²) in [7, 11) is 0. The molecular formula is C6H11O+. The average Bonchev–Trinajstić information content (AvgIpc) is 1.68. The quantitative estimate of drug-likeness (QED) is 0.490. The molecule has 40 valence electrons. The van der Waals surface area contributed by atoms with E-state index in [0.717, 1.165) is 12.7 Å². The van der Waals surface area contributed by atoms with Crippen molar-refractivity contribution in [2.45, 2.75) is 13.8 Å². The third kappa shape index (κ3) is 3.40. The van der Waals surface area contributed by atoms with Gasteiger partial charge in [-0.15, -0.1) is 0 Å². The van der Waals surface area contributed by atoms with E-state index < -0.39 is 0 Å². The molecule has 0 radical (unpaired) electrons. The summed E-state index contributed by atoms with van der Waals surface area (Å²) in [6.07, 6.45) is 2.59. The lowest BCUT2D eigenvalue weighted by Crippen LogP contribution is -1.92. The summed E-state index contributed by atoms with van der Waals surface area (Å²) >= 11 is 0. The Hall–Kier alpha value is -0.430. The van der Waals surface area contributed by atoms with Crippen molar-refractivity contribution in [2.24, 2.45) is 0 Å². The lowest BCUT2D eigenvalue weighted by atomic mass is 10.4. The Kier molecular flexibility index (Phi) is 3.52. The van der Waals surface area contributed by atoms with Crippen LogP contribution in [-0.4, -0.2) is 6.61 Å². The SMILES string of the molecule is C=C[C+](C)OCC. The minimum atomic E-state index is 0.734. The summed E-state index contributed by atoms with van der Waals surface area (Å²) in [5, 5.41) is 0. The Morgan fingerprint density at radius 1 is 1.86 bits per heavy atom. The van der Waals surface area contributed by atoms with Gasteiger partial charge >= 0.3 is 0 Å². The van der Waals surface area contributed by atoms with E-state index in [1.807, 2.05) is 13.8 Å². The first-order valence-electron chi connectivity index (χ1n) is 2.40. The maximum Gasteiger partial charge on any atom is 0.181 e. The van der Waals surface area contributed by atoms with Crippen molar-refractivity contribution in [3.05, 3.63) is 18.8 Å². The van der Waals surface area contributed by atoms with Gasteiger partial charge in [-0.2, -0.15) is 0 Å². The van der Waals surface area contributed by atoms with Gasteiger partial charge in [-0.05, 0) is 6.92 Å². The highest BCUT2D eigenvalue weighted by Crippen LogP contribution is 1.98. The largest absolute Gasteiger partial charge is 0.261 e. The lowest BCUT2D eigenvalue weighted by molar-refractivity contribution is 0.185. The Bertz CT molecular complexity index is 50.1. The monoisotopic (exact) mass is 99.1 g/mol. The fourth-order valence-electron chi connectivity index (χ4n) is 0.287.